The molecule has 1 aromatic heterocycles. The first-order valence-electron chi connectivity index (χ1n) is 4.63. The monoisotopic (exact) mass is 191 g/mol. The van der Waals surface area contributed by atoms with Gasteiger partial charge in [0.05, 0.1) is 11.7 Å². The molecule has 0 aliphatic heterocycles. The lowest BCUT2D eigenvalue weighted by Gasteiger charge is -2.01. The number of anilines is 1. The largest absolute Gasteiger partial charge is 0.399 e. The van der Waals surface area contributed by atoms with Crippen LogP contribution in [0.1, 0.15) is 6.42 Å². The third-order valence-corrected chi connectivity index (χ3v) is 2.20. The van der Waals surface area contributed by atoms with Crippen molar-refractivity contribution < 1.29 is 5.11 Å². The van der Waals surface area contributed by atoms with E-state index < -0.39 is 0 Å². The van der Waals surface area contributed by atoms with E-state index in [0.29, 0.717) is 6.42 Å². The number of aromatic nitrogens is 2. The highest BCUT2D eigenvalue weighted by Gasteiger charge is 2.01. The summed E-state index contributed by atoms with van der Waals surface area (Å²) < 4.78 is 1.86. The summed E-state index contributed by atoms with van der Waals surface area (Å²) in [6.45, 7) is 0.910. The number of nitrogens with two attached hydrogens (primary N) is 1. The van der Waals surface area contributed by atoms with Crippen LogP contribution in [-0.4, -0.2) is 21.5 Å². The number of hydrogen-bond donors (Lipinski definition) is 2. The summed E-state index contributed by atoms with van der Waals surface area (Å²) in [5.41, 5.74) is 7.46. The van der Waals surface area contributed by atoms with Gasteiger partial charge in [0.2, 0.25) is 0 Å². The summed E-state index contributed by atoms with van der Waals surface area (Å²) in [6, 6.07) is 5.72. The van der Waals surface area contributed by atoms with Crippen molar-refractivity contribution in [2.24, 2.45) is 0 Å². The Morgan fingerprint density at radius 2 is 2.29 bits per heavy atom. The van der Waals surface area contributed by atoms with Crippen LogP contribution in [0.15, 0.2) is 24.4 Å². The van der Waals surface area contributed by atoms with Gasteiger partial charge in [-0.1, -0.05) is 0 Å². The molecule has 2 rings (SSSR count). The minimum absolute atomic E-state index is 0.184. The second-order valence-corrected chi connectivity index (χ2v) is 3.26. The first kappa shape index (κ1) is 9.02. The van der Waals surface area contributed by atoms with E-state index in [1.54, 1.807) is 0 Å². The third kappa shape index (κ3) is 1.56. The normalized spacial score (nSPS) is 10.9. The molecule has 2 aromatic rings. The first-order valence-corrected chi connectivity index (χ1v) is 4.63. The predicted molar refractivity (Wildman–Crippen MR) is 55.8 cm³/mol. The summed E-state index contributed by atoms with van der Waals surface area (Å²) >= 11 is 0. The molecule has 1 heterocycles. The number of aryl methyl sites for hydroxylation is 1. The van der Waals surface area contributed by atoms with Crippen LogP contribution in [0.2, 0.25) is 0 Å². The van der Waals surface area contributed by atoms with Crippen LogP contribution in [0.4, 0.5) is 5.69 Å². The highest BCUT2D eigenvalue weighted by atomic mass is 16.3. The lowest BCUT2D eigenvalue weighted by Crippen LogP contribution is -2.01. The van der Waals surface area contributed by atoms with E-state index >= 15 is 0 Å². The highest BCUT2D eigenvalue weighted by Crippen LogP contribution is 2.16. The van der Waals surface area contributed by atoms with Gasteiger partial charge in [-0.15, -0.1) is 0 Å². The molecule has 14 heavy (non-hydrogen) atoms. The summed E-state index contributed by atoms with van der Waals surface area (Å²) in [7, 11) is 0. The predicted octanol–water partition coefficient (Wildman–Crippen LogP) is 1.00. The summed E-state index contributed by atoms with van der Waals surface area (Å²) in [5.74, 6) is 0. The number of nitrogen functional groups attached to an aromatic ring is 1. The average Bonchev–Trinajstić information content (AvgIpc) is 2.57. The van der Waals surface area contributed by atoms with E-state index in [1.807, 2.05) is 29.1 Å². The molecule has 0 atom stereocenters. The molecule has 0 unspecified atom stereocenters. The Morgan fingerprint density at radius 3 is 3.07 bits per heavy atom. The SMILES string of the molecule is Nc1ccc2cnn(CCCO)c2c1. The van der Waals surface area contributed by atoms with Crippen LogP contribution in [0.25, 0.3) is 10.9 Å². The van der Waals surface area contributed by atoms with E-state index in [2.05, 4.69) is 5.10 Å². The second kappa shape index (κ2) is 3.67. The van der Waals surface area contributed by atoms with Gasteiger partial charge >= 0.3 is 0 Å². The average molecular weight is 191 g/mol. The quantitative estimate of drug-likeness (QED) is 0.711. The summed E-state index contributed by atoms with van der Waals surface area (Å²) in [6.07, 6.45) is 2.53. The van der Waals surface area contributed by atoms with Crippen molar-refractivity contribution in [3.05, 3.63) is 24.4 Å². The fourth-order valence-electron chi connectivity index (χ4n) is 1.49. The van der Waals surface area contributed by atoms with Gasteiger partial charge in [0.15, 0.2) is 0 Å². The molecule has 1 aromatic carbocycles. The van der Waals surface area contributed by atoms with Gasteiger partial charge in [-0.2, -0.15) is 5.10 Å². The van der Waals surface area contributed by atoms with Crippen molar-refractivity contribution in [3.8, 4) is 0 Å². The number of rotatable bonds is 3. The van der Waals surface area contributed by atoms with Crippen LogP contribution >= 0.6 is 0 Å². The van der Waals surface area contributed by atoms with Crippen molar-refractivity contribution in [2.75, 3.05) is 12.3 Å². The number of fused-ring (bicyclic) bond motifs is 1. The second-order valence-electron chi connectivity index (χ2n) is 3.26. The van der Waals surface area contributed by atoms with Crippen LogP contribution in [0.3, 0.4) is 0 Å². The number of benzene rings is 1. The fourth-order valence-corrected chi connectivity index (χ4v) is 1.49. The molecule has 4 nitrogen and oxygen atoms in total. The van der Waals surface area contributed by atoms with Gasteiger partial charge in [0.25, 0.3) is 0 Å². The first-order chi connectivity index (χ1) is 6.81. The molecule has 3 N–H and O–H groups in total. The zero-order valence-corrected chi connectivity index (χ0v) is 7.85. The van der Waals surface area contributed by atoms with Gasteiger partial charge in [0.1, 0.15) is 0 Å². The van der Waals surface area contributed by atoms with E-state index in [1.165, 1.54) is 0 Å². The van der Waals surface area contributed by atoms with Crippen molar-refractivity contribution >= 4 is 16.6 Å². The van der Waals surface area contributed by atoms with Crippen molar-refractivity contribution in [1.82, 2.24) is 9.78 Å². The maximum absolute atomic E-state index is 8.73. The molecule has 74 valence electrons. The smallest absolute Gasteiger partial charge is 0.0702 e. The molecule has 0 saturated carbocycles. The Balaban J connectivity index is 2.40. The Labute approximate surface area is 81.9 Å². The number of aliphatic hydroxyl groups is 1. The van der Waals surface area contributed by atoms with Gasteiger partial charge in [-0.25, -0.2) is 0 Å². The molecule has 0 bridgehead atoms. The number of aliphatic hydroxyl groups excluding tert-OH is 1. The molecule has 0 radical (unpaired) electrons. The standard InChI is InChI=1S/C10H13N3O/c11-9-3-2-8-7-12-13(4-1-5-14)10(8)6-9/h2-3,6-7,14H,1,4-5,11H2. The van der Waals surface area contributed by atoms with Crippen LogP contribution in [0, 0.1) is 0 Å². The maximum Gasteiger partial charge on any atom is 0.0702 e. The molecule has 0 amide bonds. The van der Waals surface area contributed by atoms with E-state index in [0.717, 1.165) is 23.1 Å². The Kier molecular flexibility index (Phi) is 2.37. The van der Waals surface area contributed by atoms with Crippen molar-refractivity contribution in [2.45, 2.75) is 13.0 Å². The number of hydrogen-bond acceptors (Lipinski definition) is 3. The molecule has 0 saturated heterocycles. The van der Waals surface area contributed by atoms with Crippen molar-refractivity contribution in [1.29, 1.82) is 0 Å². The highest BCUT2D eigenvalue weighted by molar-refractivity contribution is 5.81. The molecule has 4 heteroatoms. The minimum atomic E-state index is 0.184. The molecular formula is C10H13N3O. The van der Waals surface area contributed by atoms with E-state index in [9.17, 15) is 0 Å². The number of nitrogens with zero attached hydrogens (tertiary/aromatic N) is 2. The molecule has 0 aliphatic rings. The maximum atomic E-state index is 8.73. The lowest BCUT2D eigenvalue weighted by molar-refractivity contribution is 0.278. The van der Waals surface area contributed by atoms with Crippen LogP contribution < -0.4 is 5.73 Å². The summed E-state index contributed by atoms with van der Waals surface area (Å²) in [5, 5.41) is 14.0. The van der Waals surface area contributed by atoms with Gasteiger partial charge in [-0.05, 0) is 24.6 Å². The molecular weight excluding hydrogens is 178 g/mol. The van der Waals surface area contributed by atoms with Crippen LogP contribution in [-0.2, 0) is 6.54 Å². The zero-order chi connectivity index (χ0) is 9.97. The van der Waals surface area contributed by atoms with E-state index in [-0.39, 0.29) is 6.61 Å². The summed E-state index contributed by atoms with van der Waals surface area (Å²) in [4.78, 5) is 0. The fraction of sp³-hybridized carbons (Fsp3) is 0.300. The van der Waals surface area contributed by atoms with Crippen LogP contribution in [0.5, 0.6) is 0 Å². The van der Waals surface area contributed by atoms with Gasteiger partial charge < -0.3 is 10.8 Å². The lowest BCUT2D eigenvalue weighted by atomic mass is 10.2. The Hall–Kier alpha value is -1.55. The minimum Gasteiger partial charge on any atom is -0.399 e. The molecule has 0 aliphatic carbocycles. The zero-order valence-electron chi connectivity index (χ0n) is 7.85. The third-order valence-electron chi connectivity index (χ3n) is 2.20. The topological polar surface area (TPSA) is 64.1 Å². The molecule has 0 spiro atoms. The Bertz CT molecular complexity index is 436. The van der Waals surface area contributed by atoms with Crippen molar-refractivity contribution in [3.63, 3.8) is 0 Å². The Morgan fingerprint density at radius 1 is 1.43 bits per heavy atom. The van der Waals surface area contributed by atoms with Gasteiger partial charge in [-0.3, -0.25) is 4.68 Å². The molecule has 0 fully saturated rings. The van der Waals surface area contributed by atoms with E-state index in [4.69, 9.17) is 10.8 Å². The van der Waals surface area contributed by atoms with Gasteiger partial charge in [0, 0.05) is 24.2 Å².